The molecular weight excluding hydrogens is 218 g/mol. The molecule has 0 heterocycles. The Bertz CT molecular complexity index is 294. The molecule has 0 saturated heterocycles. The highest BCUT2D eigenvalue weighted by atomic mass is 16.7. The van der Waals surface area contributed by atoms with E-state index < -0.39 is 0 Å². The maximum Gasteiger partial charge on any atom is 0.160 e. The summed E-state index contributed by atoms with van der Waals surface area (Å²) in [6.45, 7) is 5.76. The standard InChI is InChI=1S/C13H21NO3/c1-3-15-13(16-4-2)9-10-17-12-7-5-11(14)6-8-12/h5-8,13H,3-4,9-10,14H2,1-2H3. The molecule has 0 aliphatic carbocycles. The van der Waals surface area contributed by atoms with Gasteiger partial charge in [0.2, 0.25) is 0 Å². The first-order chi connectivity index (χ1) is 8.26. The molecule has 17 heavy (non-hydrogen) atoms. The van der Waals surface area contributed by atoms with Crippen LogP contribution >= 0.6 is 0 Å². The largest absolute Gasteiger partial charge is 0.493 e. The molecule has 0 fully saturated rings. The maximum atomic E-state index is 5.59. The molecule has 96 valence electrons. The second-order valence-electron chi connectivity index (χ2n) is 3.55. The van der Waals surface area contributed by atoms with E-state index in [0.29, 0.717) is 26.2 Å². The van der Waals surface area contributed by atoms with Crippen LogP contribution in [0.3, 0.4) is 0 Å². The summed E-state index contributed by atoms with van der Waals surface area (Å²) >= 11 is 0. The lowest BCUT2D eigenvalue weighted by Gasteiger charge is -2.17. The molecule has 0 radical (unpaired) electrons. The van der Waals surface area contributed by atoms with E-state index in [2.05, 4.69) is 0 Å². The maximum absolute atomic E-state index is 5.59. The van der Waals surface area contributed by atoms with E-state index in [-0.39, 0.29) is 6.29 Å². The van der Waals surface area contributed by atoms with E-state index in [1.165, 1.54) is 0 Å². The fraction of sp³-hybridized carbons (Fsp3) is 0.538. The Kier molecular flexibility index (Phi) is 6.43. The van der Waals surface area contributed by atoms with Gasteiger partial charge in [-0.1, -0.05) is 0 Å². The van der Waals surface area contributed by atoms with Crippen molar-refractivity contribution in [1.29, 1.82) is 0 Å². The lowest BCUT2D eigenvalue weighted by atomic mass is 10.3. The average molecular weight is 239 g/mol. The van der Waals surface area contributed by atoms with Crippen molar-refractivity contribution in [3.63, 3.8) is 0 Å². The normalized spacial score (nSPS) is 10.8. The Hall–Kier alpha value is -1.26. The van der Waals surface area contributed by atoms with Crippen LogP contribution in [-0.2, 0) is 9.47 Å². The molecular formula is C13H21NO3. The van der Waals surface area contributed by atoms with Gasteiger partial charge in [-0.3, -0.25) is 0 Å². The SMILES string of the molecule is CCOC(CCOc1ccc(N)cc1)OCC. The van der Waals surface area contributed by atoms with E-state index in [9.17, 15) is 0 Å². The van der Waals surface area contributed by atoms with Crippen LogP contribution in [0.5, 0.6) is 5.75 Å². The Morgan fingerprint density at radius 3 is 2.18 bits per heavy atom. The Balaban J connectivity index is 2.27. The van der Waals surface area contributed by atoms with Gasteiger partial charge < -0.3 is 19.9 Å². The van der Waals surface area contributed by atoms with Crippen molar-refractivity contribution in [3.05, 3.63) is 24.3 Å². The topological polar surface area (TPSA) is 53.7 Å². The van der Waals surface area contributed by atoms with E-state index in [1.54, 1.807) is 0 Å². The lowest BCUT2D eigenvalue weighted by molar-refractivity contribution is -0.142. The summed E-state index contributed by atoms with van der Waals surface area (Å²) in [5.74, 6) is 0.811. The summed E-state index contributed by atoms with van der Waals surface area (Å²) in [5, 5.41) is 0. The zero-order valence-electron chi connectivity index (χ0n) is 10.5. The van der Waals surface area contributed by atoms with Crippen molar-refractivity contribution in [1.82, 2.24) is 0 Å². The second-order valence-corrected chi connectivity index (χ2v) is 3.55. The molecule has 0 aliphatic heterocycles. The van der Waals surface area contributed by atoms with Crippen molar-refractivity contribution in [2.24, 2.45) is 0 Å². The number of nitrogens with two attached hydrogens (primary N) is 1. The highest BCUT2D eigenvalue weighted by Gasteiger charge is 2.07. The van der Waals surface area contributed by atoms with Crippen molar-refractivity contribution < 1.29 is 14.2 Å². The molecule has 0 atom stereocenters. The van der Waals surface area contributed by atoms with E-state index in [0.717, 1.165) is 11.4 Å². The number of ether oxygens (including phenoxy) is 3. The third-order valence-electron chi connectivity index (χ3n) is 2.21. The van der Waals surface area contributed by atoms with Gasteiger partial charge in [0.05, 0.1) is 6.61 Å². The number of anilines is 1. The molecule has 0 saturated carbocycles. The third kappa shape index (κ3) is 5.56. The minimum atomic E-state index is -0.182. The summed E-state index contributed by atoms with van der Waals surface area (Å²) in [6, 6.07) is 7.34. The van der Waals surface area contributed by atoms with Crippen LogP contribution in [0.25, 0.3) is 0 Å². The minimum Gasteiger partial charge on any atom is -0.493 e. The molecule has 0 spiro atoms. The summed E-state index contributed by atoms with van der Waals surface area (Å²) in [7, 11) is 0. The predicted octanol–water partition coefficient (Wildman–Crippen LogP) is 2.44. The van der Waals surface area contributed by atoms with Crippen LogP contribution < -0.4 is 10.5 Å². The zero-order valence-corrected chi connectivity index (χ0v) is 10.5. The van der Waals surface area contributed by atoms with E-state index in [1.807, 2.05) is 38.1 Å². The first kappa shape index (κ1) is 13.8. The minimum absolute atomic E-state index is 0.182. The van der Waals surface area contributed by atoms with Crippen molar-refractivity contribution in [3.8, 4) is 5.75 Å². The van der Waals surface area contributed by atoms with E-state index >= 15 is 0 Å². The van der Waals surface area contributed by atoms with Crippen molar-refractivity contribution in [2.45, 2.75) is 26.6 Å². The van der Waals surface area contributed by atoms with Crippen LogP contribution in [0, 0.1) is 0 Å². The number of rotatable bonds is 8. The number of benzene rings is 1. The fourth-order valence-corrected chi connectivity index (χ4v) is 1.42. The van der Waals surface area contributed by atoms with Gasteiger partial charge in [0.25, 0.3) is 0 Å². The number of hydrogen-bond acceptors (Lipinski definition) is 4. The number of hydrogen-bond donors (Lipinski definition) is 1. The van der Waals surface area contributed by atoms with Gasteiger partial charge in [-0.2, -0.15) is 0 Å². The van der Waals surface area contributed by atoms with Gasteiger partial charge in [0.1, 0.15) is 5.75 Å². The molecule has 0 amide bonds. The van der Waals surface area contributed by atoms with Gasteiger partial charge in [0.15, 0.2) is 6.29 Å². The molecule has 1 rings (SSSR count). The Morgan fingerprint density at radius 1 is 1.06 bits per heavy atom. The zero-order chi connectivity index (χ0) is 12.5. The lowest BCUT2D eigenvalue weighted by Crippen LogP contribution is -2.20. The van der Waals surface area contributed by atoms with Crippen molar-refractivity contribution >= 4 is 5.69 Å². The van der Waals surface area contributed by atoms with Gasteiger partial charge >= 0.3 is 0 Å². The second kappa shape index (κ2) is 7.92. The van der Waals surface area contributed by atoms with Crippen LogP contribution in [0.4, 0.5) is 5.69 Å². The van der Waals surface area contributed by atoms with Crippen molar-refractivity contribution in [2.75, 3.05) is 25.6 Å². The third-order valence-corrected chi connectivity index (χ3v) is 2.21. The summed E-state index contributed by atoms with van der Waals surface area (Å²) in [6.07, 6.45) is 0.533. The fourth-order valence-electron chi connectivity index (χ4n) is 1.42. The summed E-state index contributed by atoms with van der Waals surface area (Å²) in [4.78, 5) is 0. The predicted molar refractivity (Wildman–Crippen MR) is 68.0 cm³/mol. The molecule has 0 aliphatic rings. The molecule has 1 aromatic rings. The van der Waals surface area contributed by atoms with Gasteiger partial charge in [-0.05, 0) is 38.1 Å². The molecule has 0 unspecified atom stereocenters. The first-order valence-electron chi connectivity index (χ1n) is 5.97. The van der Waals surface area contributed by atoms with Gasteiger partial charge in [0, 0.05) is 25.3 Å². The highest BCUT2D eigenvalue weighted by molar-refractivity contribution is 5.41. The number of nitrogen functional groups attached to an aromatic ring is 1. The van der Waals surface area contributed by atoms with Crippen LogP contribution in [0.15, 0.2) is 24.3 Å². The van der Waals surface area contributed by atoms with Crippen LogP contribution in [-0.4, -0.2) is 26.1 Å². The molecule has 2 N–H and O–H groups in total. The Labute approximate surface area is 103 Å². The van der Waals surface area contributed by atoms with Crippen LogP contribution in [0.2, 0.25) is 0 Å². The quantitative estimate of drug-likeness (QED) is 0.559. The molecule has 0 aromatic heterocycles. The first-order valence-corrected chi connectivity index (χ1v) is 5.97. The van der Waals surface area contributed by atoms with Crippen LogP contribution in [0.1, 0.15) is 20.3 Å². The highest BCUT2D eigenvalue weighted by Crippen LogP contribution is 2.13. The van der Waals surface area contributed by atoms with E-state index in [4.69, 9.17) is 19.9 Å². The molecule has 4 heteroatoms. The molecule has 1 aromatic carbocycles. The summed E-state index contributed by atoms with van der Waals surface area (Å²) in [5.41, 5.74) is 6.32. The molecule has 0 bridgehead atoms. The monoisotopic (exact) mass is 239 g/mol. The Morgan fingerprint density at radius 2 is 1.65 bits per heavy atom. The molecule has 4 nitrogen and oxygen atoms in total. The summed E-state index contributed by atoms with van der Waals surface area (Å²) < 4.78 is 16.4. The smallest absolute Gasteiger partial charge is 0.160 e. The average Bonchev–Trinajstić information content (AvgIpc) is 2.32. The van der Waals surface area contributed by atoms with Gasteiger partial charge in [-0.25, -0.2) is 0 Å². The van der Waals surface area contributed by atoms with Gasteiger partial charge in [-0.15, -0.1) is 0 Å².